The summed E-state index contributed by atoms with van der Waals surface area (Å²) < 4.78 is 10.8. The number of ether oxygens (including phenoxy) is 2. The second-order valence-corrected chi connectivity index (χ2v) is 5.77. The van der Waals surface area contributed by atoms with Crippen LogP contribution in [0.25, 0.3) is 0 Å². The standard InChI is InChI=1S/C19H22O2/c1-20-18-12-16-9-8-15(10-14-6-4-3-5-7-14)11-17(16)13-19(18)21-2/h3-7,12-13,15H,8-11H2,1-2H3. The van der Waals surface area contributed by atoms with Gasteiger partial charge in [0.1, 0.15) is 0 Å². The van der Waals surface area contributed by atoms with Gasteiger partial charge < -0.3 is 9.47 Å². The van der Waals surface area contributed by atoms with Gasteiger partial charge in [-0.2, -0.15) is 0 Å². The third-order valence-electron chi connectivity index (χ3n) is 4.40. The fourth-order valence-electron chi connectivity index (χ4n) is 3.28. The molecule has 0 bridgehead atoms. The summed E-state index contributed by atoms with van der Waals surface area (Å²) in [7, 11) is 3.40. The molecule has 21 heavy (non-hydrogen) atoms. The van der Waals surface area contributed by atoms with Gasteiger partial charge in [0.15, 0.2) is 11.5 Å². The van der Waals surface area contributed by atoms with Crippen molar-refractivity contribution in [3.05, 3.63) is 59.2 Å². The van der Waals surface area contributed by atoms with Gasteiger partial charge in [-0.3, -0.25) is 0 Å². The van der Waals surface area contributed by atoms with Crippen LogP contribution in [-0.2, 0) is 19.3 Å². The number of methoxy groups -OCH3 is 2. The van der Waals surface area contributed by atoms with Crippen LogP contribution in [0, 0.1) is 5.92 Å². The number of aryl methyl sites for hydroxylation is 1. The minimum Gasteiger partial charge on any atom is -0.493 e. The Bertz CT molecular complexity index is 604. The van der Waals surface area contributed by atoms with E-state index in [9.17, 15) is 0 Å². The van der Waals surface area contributed by atoms with Gasteiger partial charge in [0.05, 0.1) is 14.2 Å². The number of rotatable bonds is 4. The molecule has 110 valence electrons. The van der Waals surface area contributed by atoms with E-state index < -0.39 is 0 Å². The highest BCUT2D eigenvalue weighted by Gasteiger charge is 2.21. The van der Waals surface area contributed by atoms with Crippen molar-refractivity contribution in [2.45, 2.75) is 25.7 Å². The summed E-state index contributed by atoms with van der Waals surface area (Å²) >= 11 is 0. The van der Waals surface area contributed by atoms with Gasteiger partial charge in [0.25, 0.3) is 0 Å². The molecular formula is C19H22O2. The molecule has 0 heterocycles. The van der Waals surface area contributed by atoms with Crippen molar-refractivity contribution in [1.29, 1.82) is 0 Å². The maximum absolute atomic E-state index is 5.43. The van der Waals surface area contributed by atoms with Crippen LogP contribution in [-0.4, -0.2) is 14.2 Å². The summed E-state index contributed by atoms with van der Waals surface area (Å²) in [6.07, 6.45) is 4.67. The second-order valence-electron chi connectivity index (χ2n) is 5.77. The van der Waals surface area contributed by atoms with Crippen molar-refractivity contribution in [2.75, 3.05) is 14.2 Å². The normalized spacial score (nSPS) is 17.1. The second kappa shape index (κ2) is 6.21. The molecule has 2 nitrogen and oxygen atoms in total. The molecule has 0 N–H and O–H groups in total. The molecule has 2 aromatic carbocycles. The van der Waals surface area contributed by atoms with Crippen LogP contribution in [0.1, 0.15) is 23.1 Å². The highest BCUT2D eigenvalue weighted by molar-refractivity contribution is 5.48. The van der Waals surface area contributed by atoms with Gasteiger partial charge in [-0.1, -0.05) is 30.3 Å². The molecule has 1 aliphatic rings. The number of hydrogen-bond acceptors (Lipinski definition) is 2. The molecule has 1 atom stereocenters. The summed E-state index contributed by atoms with van der Waals surface area (Å²) in [5.74, 6) is 2.41. The predicted molar refractivity (Wildman–Crippen MR) is 85.2 cm³/mol. The first-order chi connectivity index (χ1) is 10.3. The monoisotopic (exact) mass is 282 g/mol. The van der Waals surface area contributed by atoms with Crippen molar-refractivity contribution in [1.82, 2.24) is 0 Å². The largest absolute Gasteiger partial charge is 0.493 e. The van der Waals surface area contributed by atoms with E-state index in [-0.39, 0.29) is 0 Å². The topological polar surface area (TPSA) is 18.5 Å². The zero-order chi connectivity index (χ0) is 14.7. The van der Waals surface area contributed by atoms with Crippen LogP contribution in [0.15, 0.2) is 42.5 Å². The molecule has 3 rings (SSSR count). The number of hydrogen-bond donors (Lipinski definition) is 0. The quantitative estimate of drug-likeness (QED) is 0.842. The molecule has 1 aliphatic carbocycles. The van der Waals surface area contributed by atoms with Crippen molar-refractivity contribution >= 4 is 0 Å². The van der Waals surface area contributed by atoms with E-state index in [0.717, 1.165) is 36.7 Å². The summed E-state index contributed by atoms with van der Waals surface area (Å²) in [4.78, 5) is 0. The summed E-state index contributed by atoms with van der Waals surface area (Å²) in [6.45, 7) is 0. The maximum atomic E-state index is 5.43. The van der Waals surface area contributed by atoms with E-state index in [1.54, 1.807) is 14.2 Å². The number of benzene rings is 2. The SMILES string of the molecule is COc1cc2c(cc1OC)CC(Cc1ccccc1)CC2. The Kier molecular flexibility index (Phi) is 4.14. The van der Waals surface area contributed by atoms with Gasteiger partial charge in [0.2, 0.25) is 0 Å². The van der Waals surface area contributed by atoms with Gasteiger partial charge in [-0.25, -0.2) is 0 Å². The zero-order valence-electron chi connectivity index (χ0n) is 12.8. The van der Waals surface area contributed by atoms with E-state index in [0.29, 0.717) is 0 Å². The van der Waals surface area contributed by atoms with E-state index in [4.69, 9.17) is 9.47 Å². The molecule has 2 aromatic rings. The van der Waals surface area contributed by atoms with E-state index in [1.807, 2.05) is 0 Å². The lowest BCUT2D eigenvalue weighted by molar-refractivity contribution is 0.352. The van der Waals surface area contributed by atoms with Gasteiger partial charge in [-0.05, 0) is 60.4 Å². The van der Waals surface area contributed by atoms with Crippen LogP contribution >= 0.6 is 0 Å². The van der Waals surface area contributed by atoms with Crippen molar-refractivity contribution in [2.24, 2.45) is 5.92 Å². The Balaban J connectivity index is 1.78. The number of fused-ring (bicyclic) bond motifs is 1. The third kappa shape index (κ3) is 3.05. The Morgan fingerprint density at radius 1 is 0.952 bits per heavy atom. The van der Waals surface area contributed by atoms with Crippen LogP contribution in [0.3, 0.4) is 0 Å². The summed E-state index contributed by atoms with van der Waals surface area (Å²) in [5, 5.41) is 0. The van der Waals surface area contributed by atoms with Gasteiger partial charge in [-0.15, -0.1) is 0 Å². The van der Waals surface area contributed by atoms with E-state index >= 15 is 0 Å². The highest BCUT2D eigenvalue weighted by atomic mass is 16.5. The van der Waals surface area contributed by atoms with E-state index in [2.05, 4.69) is 42.5 Å². The Morgan fingerprint density at radius 3 is 2.29 bits per heavy atom. The lowest BCUT2D eigenvalue weighted by atomic mass is 9.80. The van der Waals surface area contributed by atoms with E-state index in [1.165, 1.54) is 23.1 Å². The molecule has 0 radical (unpaired) electrons. The summed E-state index contributed by atoms with van der Waals surface area (Å²) in [6, 6.07) is 15.1. The molecular weight excluding hydrogens is 260 g/mol. The van der Waals surface area contributed by atoms with Crippen LogP contribution in [0.5, 0.6) is 11.5 Å². The Morgan fingerprint density at radius 2 is 1.62 bits per heavy atom. The first kappa shape index (κ1) is 14.0. The summed E-state index contributed by atoms with van der Waals surface area (Å²) in [5.41, 5.74) is 4.27. The Labute approximate surface area is 126 Å². The molecule has 0 aromatic heterocycles. The minimum absolute atomic E-state index is 0.720. The van der Waals surface area contributed by atoms with Crippen LogP contribution in [0.2, 0.25) is 0 Å². The van der Waals surface area contributed by atoms with Gasteiger partial charge >= 0.3 is 0 Å². The molecule has 2 heteroatoms. The lowest BCUT2D eigenvalue weighted by Gasteiger charge is -2.26. The third-order valence-corrected chi connectivity index (χ3v) is 4.40. The average Bonchev–Trinajstić information content (AvgIpc) is 2.54. The molecule has 1 unspecified atom stereocenters. The molecule has 0 saturated carbocycles. The first-order valence-corrected chi connectivity index (χ1v) is 7.58. The van der Waals surface area contributed by atoms with Crippen LogP contribution in [0.4, 0.5) is 0 Å². The first-order valence-electron chi connectivity index (χ1n) is 7.58. The molecule has 0 spiro atoms. The predicted octanol–water partition coefficient (Wildman–Crippen LogP) is 4.05. The molecule has 0 fully saturated rings. The minimum atomic E-state index is 0.720. The van der Waals surface area contributed by atoms with Crippen molar-refractivity contribution in [3.63, 3.8) is 0 Å². The average molecular weight is 282 g/mol. The molecule has 0 aliphatic heterocycles. The maximum Gasteiger partial charge on any atom is 0.161 e. The van der Waals surface area contributed by atoms with Crippen molar-refractivity contribution in [3.8, 4) is 11.5 Å². The van der Waals surface area contributed by atoms with Gasteiger partial charge in [0, 0.05) is 0 Å². The fourth-order valence-corrected chi connectivity index (χ4v) is 3.28. The zero-order valence-corrected chi connectivity index (χ0v) is 12.8. The molecule has 0 amide bonds. The Hall–Kier alpha value is -1.96. The van der Waals surface area contributed by atoms with Crippen LogP contribution < -0.4 is 9.47 Å². The van der Waals surface area contributed by atoms with Crippen molar-refractivity contribution < 1.29 is 9.47 Å². The molecule has 0 saturated heterocycles. The highest BCUT2D eigenvalue weighted by Crippen LogP contribution is 2.36. The fraction of sp³-hybridized carbons (Fsp3) is 0.368. The smallest absolute Gasteiger partial charge is 0.161 e. The lowest BCUT2D eigenvalue weighted by Crippen LogP contribution is -2.16.